The summed E-state index contributed by atoms with van der Waals surface area (Å²) in [5.74, 6) is 0. The lowest BCUT2D eigenvalue weighted by Gasteiger charge is -2.41. The minimum atomic E-state index is -0.541. The number of halogens is 1. The van der Waals surface area contributed by atoms with E-state index in [1.54, 1.807) is 0 Å². The Bertz CT molecular complexity index is 361. The highest BCUT2D eigenvalue weighted by Gasteiger charge is 2.33. The van der Waals surface area contributed by atoms with Crippen molar-refractivity contribution in [3.8, 4) is 0 Å². The Labute approximate surface area is 109 Å². The molecule has 1 aromatic rings. The maximum atomic E-state index is 10.5. The van der Waals surface area contributed by atoms with Gasteiger partial charge in [0.25, 0.3) is 0 Å². The van der Waals surface area contributed by atoms with Crippen molar-refractivity contribution in [2.75, 3.05) is 13.1 Å². The molecule has 0 fully saturated rings. The molecular formula is C14H22ClNO. The van der Waals surface area contributed by atoms with Gasteiger partial charge in [-0.3, -0.25) is 4.90 Å². The Morgan fingerprint density at radius 3 is 2.35 bits per heavy atom. The van der Waals surface area contributed by atoms with Crippen LogP contribution in [0, 0.1) is 0 Å². The summed E-state index contributed by atoms with van der Waals surface area (Å²) in [4.78, 5) is 2.25. The topological polar surface area (TPSA) is 23.5 Å². The fraction of sp³-hybridized carbons (Fsp3) is 0.571. The largest absolute Gasteiger partial charge is 0.386 e. The molecule has 0 aliphatic carbocycles. The van der Waals surface area contributed by atoms with Crippen molar-refractivity contribution in [2.24, 2.45) is 0 Å². The van der Waals surface area contributed by atoms with Crippen molar-refractivity contribution in [1.29, 1.82) is 0 Å². The van der Waals surface area contributed by atoms with Crippen molar-refractivity contribution < 1.29 is 5.11 Å². The summed E-state index contributed by atoms with van der Waals surface area (Å²) in [5.41, 5.74) is 0.572. The Morgan fingerprint density at radius 2 is 1.88 bits per heavy atom. The van der Waals surface area contributed by atoms with Gasteiger partial charge >= 0.3 is 0 Å². The molecule has 96 valence electrons. The number of aliphatic hydroxyl groups excluding tert-OH is 1. The van der Waals surface area contributed by atoms with E-state index < -0.39 is 6.10 Å². The van der Waals surface area contributed by atoms with E-state index in [2.05, 4.69) is 32.6 Å². The lowest BCUT2D eigenvalue weighted by atomic mass is 9.89. The third-order valence-corrected chi connectivity index (χ3v) is 3.65. The number of rotatable bonds is 5. The minimum Gasteiger partial charge on any atom is -0.386 e. The van der Waals surface area contributed by atoms with Crippen LogP contribution in [0.5, 0.6) is 0 Å². The van der Waals surface area contributed by atoms with Crippen LogP contribution < -0.4 is 0 Å². The molecule has 1 rings (SSSR count). The highest BCUT2D eigenvalue weighted by molar-refractivity contribution is 6.30. The second kappa shape index (κ2) is 5.85. The number of aliphatic hydroxyl groups is 1. The predicted molar refractivity (Wildman–Crippen MR) is 73.4 cm³/mol. The molecule has 0 aliphatic heterocycles. The highest BCUT2D eigenvalue weighted by atomic mass is 35.5. The van der Waals surface area contributed by atoms with Crippen LogP contribution in [-0.2, 0) is 0 Å². The molecule has 0 radical (unpaired) electrons. The van der Waals surface area contributed by atoms with Crippen molar-refractivity contribution in [3.63, 3.8) is 0 Å². The van der Waals surface area contributed by atoms with Gasteiger partial charge < -0.3 is 5.11 Å². The van der Waals surface area contributed by atoms with Gasteiger partial charge in [-0.25, -0.2) is 0 Å². The Balaban J connectivity index is 2.98. The van der Waals surface area contributed by atoms with E-state index in [4.69, 9.17) is 11.6 Å². The number of hydrogen-bond donors (Lipinski definition) is 1. The molecule has 0 amide bonds. The van der Waals surface area contributed by atoms with Gasteiger partial charge in [-0.15, -0.1) is 0 Å². The Morgan fingerprint density at radius 1 is 1.29 bits per heavy atom. The van der Waals surface area contributed by atoms with E-state index in [1.165, 1.54) is 0 Å². The summed E-state index contributed by atoms with van der Waals surface area (Å²) in [6, 6.07) is 7.45. The molecule has 1 unspecified atom stereocenters. The molecule has 17 heavy (non-hydrogen) atoms. The first-order valence-electron chi connectivity index (χ1n) is 6.12. The maximum Gasteiger partial charge on any atom is 0.0968 e. The van der Waals surface area contributed by atoms with Crippen LogP contribution in [0.15, 0.2) is 24.3 Å². The van der Waals surface area contributed by atoms with E-state index in [-0.39, 0.29) is 5.54 Å². The molecule has 0 saturated carbocycles. The number of nitrogens with zero attached hydrogens (tertiary/aromatic N) is 1. The van der Waals surface area contributed by atoms with Gasteiger partial charge in [-0.2, -0.15) is 0 Å². The molecule has 1 N–H and O–H groups in total. The minimum absolute atomic E-state index is 0.297. The molecule has 0 bridgehead atoms. The van der Waals surface area contributed by atoms with Gasteiger partial charge in [0.1, 0.15) is 0 Å². The van der Waals surface area contributed by atoms with Crippen LogP contribution in [0.2, 0.25) is 5.02 Å². The van der Waals surface area contributed by atoms with Gasteiger partial charge in [0.05, 0.1) is 6.10 Å². The Hall–Kier alpha value is -0.570. The molecule has 0 saturated heterocycles. The van der Waals surface area contributed by atoms with Crippen LogP contribution in [0.3, 0.4) is 0 Å². The standard InChI is InChI=1S/C14H22ClNO/c1-5-16(6-2)14(3,4)13(17)11-8-7-9-12(15)10-11/h7-10,13,17H,5-6H2,1-4H3. The van der Waals surface area contributed by atoms with Gasteiger partial charge in [0, 0.05) is 10.6 Å². The van der Waals surface area contributed by atoms with Crippen LogP contribution in [0.4, 0.5) is 0 Å². The zero-order valence-corrected chi connectivity index (χ0v) is 11.8. The van der Waals surface area contributed by atoms with Crippen LogP contribution in [0.1, 0.15) is 39.4 Å². The first kappa shape index (κ1) is 14.5. The van der Waals surface area contributed by atoms with Gasteiger partial charge in [-0.05, 0) is 44.6 Å². The molecule has 3 heteroatoms. The Kier molecular flexibility index (Phi) is 4.99. The average Bonchev–Trinajstić information content (AvgIpc) is 2.29. The van der Waals surface area contributed by atoms with Crippen molar-refractivity contribution in [1.82, 2.24) is 4.90 Å². The van der Waals surface area contributed by atoms with Gasteiger partial charge in [0.15, 0.2) is 0 Å². The average molecular weight is 256 g/mol. The number of hydrogen-bond acceptors (Lipinski definition) is 2. The van der Waals surface area contributed by atoms with Crippen molar-refractivity contribution >= 4 is 11.6 Å². The first-order valence-corrected chi connectivity index (χ1v) is 6.49. The van der Waals surface area contributed by atoms with E-state index in [9.17, 15) is 5.11 Å². The van der Waals surface area contributed by atoms with E-state index in [1.807, 2.05) is 24.3 Å². The zero-order valence-electron chi connectivity index (χ0n) is 11.1. The summed E-state index contributed by atoms with van der Waals surface area (Å²) in [7, 11) is 0. The third-order valence-electron chi connectivity index (χ3n) is 3.41. The number of likely N-dealkylation sites (N-methyl/N-ethyl adjacent to an activating group) is 1. The quantitative estimate of drug-likeness (QED) is 0.871. The fourth-order valence-corrected chi connectivity index (χ4v) is 2.49. The summed E-state index contributed by atoms with van der Waals surface area (Å²) in [6.07, 6.45) is -0.541. The molecule has 2 nitrogen and oxygen atoms in total. The molecule has 1 atom stereocenters. The van der Waals surface area contributed by atoms with E-state index in [0.29, 0.717) is 5.02 Å². The molecule has 0 aromatic heterocycles. The summed E-state index contributed by atoms with van der Waals surface area (Å²) >= 11 is 5.96. The lowest BCUT2D eigenvalue weighted by Crippen LogP contribution is -2.48. The fourth-order valence-electron chi connectivity index (χ4n) is 2.30. The number of benzene rings is 1. The van der Waals surface area contributed by atoms with Crippen LogP contribution in [-0.4, -0.2) is 28.6 Å². The summed E-state index contributed by atoms with van der Waals surface area (Å²) < 4.78 is 0. The molecular weight excluding hydrogens is 234 g/mol. The normalized spacial score (nSPS) is 14.1. The lowest BCUT2D eigenvalue weighted by molar-refractivity contribution is -0.00625. The first-order chi connectivity index (χ1) is 7.93. The molecule has 0 heterocycles. The monoisotopic (exact) mass is 255 g/mol. The second-order valence-corrected chi connectivity index (χ2v) is 5.22. The smallest absolute Gasteiger partial charge is 0.0968 e. The van der Waals surface area contributed by atoms with Crippen LogP contribution in [0.25, 0.3) is 0 Å². The zero-order chi connectivity index (χ0) is 13.1. The maximum absolute atomic E-state index is 10.5. The molecule has 0 spiro atoms. The second-order valence-electron chi connectivity index (χ2n) is 4.78. The summed E-state index contributed by atoms with van der Waals surface area (Å²) in [6.45, 7) is 10.2. The molecule has 1 aromatic carbocycles. The SMILES string of the molecule is CCN(CC)C(C)(C)C(O)c1cccc(Cl)c1. The molecule has 0 aliphatic rings. The van der Waals surface area contributed by atoms with E-state index in [0.717, 1.165) is 18.7 Å². The van der Waals surface area contributed by atoms with E-state index >= 15 is 0 Å². The highest BCUT2D eigenvalue weighted by Crippen LogP contribution is 2.31. The summed E-state index contributed by atoms with van der Waals surface area (Å²) in [5, 5.41) is 11.2. The third kappa shape index (κ3) is 3.21. The van der Waals surface area contributed by atoms with Crippen LogP contribution >= 0.6 is 11.6 Å². The van der Waals surface area contributed by atoms with Crippen molar-refractivity contribution in [2.45, 2.75) is 39.3 Å². The van der Waals surface area contributed by atoms with Gasteiger partial charge in [0.2, 0.25) is 0 Å². The van der Waals surface area contributed by atoms with Crippen molar-refractivity contribution in [3.05, 3.63) is 34.9 Å². The van der Waals surface area contributed by atoms with Gasteiger partial charge in [-0.1, -0.05) is 37.6 Å². The predicted octanol–water partition coefficient (Wildman–Crippen LogP) is 3.49.